The van der Waals surface area contributed by atoms with E-state index in [-0.39, 0.29) is 0 Å². The topological polar surface area (TPSA) is 17.8 Å². The van der Waals surface area contributed by atoms with Crippen molar-refractivity contribution >= 4 is 45.5 Å². The maximum absolute atomic E-state index is 4.46. The van der Waals surface area contributed by atoms with Gasteiger partial charge in [-0.15, -0.1) is 0 Å². The molecule has 6 rings (SSSR count). The summed E-state index contributed by atoms with van der Waals surface area (Å²) in [7, 11) is 0. The van der Waals surface area contributed by atoms with Gasteiger partial charge in [0.15, 0.2) is 0 Å². The lowest BCUT2D eigenvalue weighted by molar-refractivity contribution is 1.10. The quantitative estimate of drug-likeness (QED) is 0.164. The molecule has 0 unspecified atom stereocenters. The molecule has 4 aromatic carbocycles. The Balaban J connectivity index is 1.58. The van der Waals surface area contributed by atoms with Crippen LogP contribution in [0.5, 0.6) is 0 Å². The van der Waals surface area contributed by atoms with E-state index in [4.69, 9.17) is 0 Å². The lowest BCUT2D eigenvalue weighted by Gasteiger charge is -2.09. The van der Waals surface area contributed by atoms with Crippen molar-refractivity contribution in [3.63, 3.8) is 0 Å². The predicted molar refractivity (Wildman–Crippen MR) is 195 cm³/mol. The number of rotatable bonds is 8. The molecular weight excluding hydrogens is 544 g/mol. The van der Waals surface area contributed by atoms with Crippen LogP contribution < -0.4 is 0 Å². The molecule has 0 amide bonds. The lowest BCUT2D eigenvalue weighted by atomic mass is 9.95. The zero-order valence-electron chi connectivity index (χ0n) is 25.2. The van der Waals surface area contributed by atoms with Crippen molar-refractivity contribution in [2.45, 2.75) is 0 Å². The molecule has 0 aliphatic heterocycles. The van der Waals surface area contributed by atoms with Gasteiger partial charge in [0.1, 0.15) is 0 Å². The van der Waals surface area contributed by atoms with Crippen LogP contribution in [0.25, 0.3) is 62.3 Å². The fraction of sp³-hybridized carbons (Fsp3) is 0. The summed E-state index contributed by atoms with van der Waals surface area (Å²) < 4.78 is 2.24. The second kappa shape index (κ2) is 13.5. The molecule has 2 heteroatoms. The molecule has 6 aromatic rings. The fourth-order valence-electron chi connectivity index (χ4n) is 5.75. The fourth-order valence-corrected chi connectivity index (χ4v) is 5.75. The average Bonchev–Trinajstić information content (AvgIpc) is 3.42. The molecule has 2 heterocycles. The van der Waals surface area contributed by atoms with Crippen LogP contribution in [-0.4, -0.2) is 9.55 Å². The zero-order chi connectivity index (χ0) is 31.0. The number of pyridine rings is 1. The number of benzene rings is 3. The Morgan fingerprint density at radius 1 is 0.667 bits per heavy atom. The summed E-state index contributed by atoms with van der Waals surface area (Å²) in [5.74, 6) is 0. The molecule has 45 heavy (non-hydrogen) atoms. The maximum atomic E-state index is 4.46. The number of fused-ring (bicyclic) bond motifs is 2. The molecular formula is C43H34N2. The summed E-state index contributed by atoms with van der Waals surface area (Å²) in [4.78, 5) is 4.46. The van der Waals surface area contributed by atoms with E-state index in [1.807, 2.05) is 42.8 Å². The Kier molecular flexibility index (Phi) is 8.76. The Morgan fingerprint density at radius 2 is 1.40 bits per heavy atom. The highest BCUT2D eigenvalue weighted by Gasteiger charge is 2.14. The summed E-state index contributed by atoms with van der Waals surface area (Å²) in [6.45, 7) is 12.5. The maximum Gasteiger partial charge on any atom is 0.0571 e. The minimum Gasteiger partial charge on any atom is -0.309 e. The highest BCUT2D eigenvalue weighted by Crippen LogP contribution is 2.33. The molecule has 0 aliphatic rings. The molecule has 2 nitrogen and oxygen atoms in total. The van der Waals surface area contributed by atoms with Crippen molar-refractivity contribution < 1.29 is 0 Å². The summed E-state index contributed by atoms with van der Waals surface area (Å²) in [5.41, 5.74) is 9.53. The Labute approximate surface area is 265 Å². The van der Waals surface area contributed by atoms with Gasteiger partial charge >= 0.3 is 0 Å². The van der Waals surface area contributed by atoms with Gasteiger partial charge in [-0.2, -0.15) is 0 Å². The molecule has 0 bridgehead atoms. The van der Waals surface area contributed by atoms with Crippen molar-refractivity contribution in [2.24, 2.45) is 0 Å². The molecule has 0 aliphatic carbocycles. The minimum absolute atomic E-state index is 0.907. The lowest BCUT2D eigenvalue weighted by Crippen LogP contribution is -1.96. The molecule has 2 aromatic heterocycles. The van der Waals surface area contributed by atoms with Gasteiger partial charge in [-0.1, -0.05) is 153 Å². The van der Waals surface area contributed by atoms with Gasteiger partial charge in [-0.05, 0) is 62.9 Å². The Bertz CT molecular complexity index is 2140. The van der Waals surface area contributed by atoms with Crippen LogP contribution >= 0.6 is 0 Å². The number of hydrogen-bond acceptors (Lipinski definition) is 1. The SMILES string of the molecule is C=C/C=C\C(=C)c1ccc(/C=C/c2c(C=C)n(-c3ccccc3)c3ccncc23)cccc(-c2ccccc2)c2ccccc12. The third-order valence-electron chi connectivity index (χ3n) is 7.86. The van der Waals surface area contributed by atoms with Crippen LogP contribution in [0.4, 0.5) is 0 Å². The molecule has 0 spiro atoms. The van der Waals surface area contributed by atoms with Crippen molar-refractivity contribution in [1.29, 1.82) is 0 Å². The van der Waals surface area contributed by atoms with E-state index in [0.717, 1.165) is 66.4 Å². The van der Waals surface area contributed by atoms with Crippen LogP contribution in [0.15, 0.2) is 172 Å². The van der Waals surface area contributed by atoms with Crippen molar-refractivity contribution in [1.82, 2.24) is 9.55 Å². The number of allylic oxidation sites excluding steroid dienone is 4. The molecule has 0 atom stereocenters. The van der Waals surface area contributed by atoms with E-state index in [0.29, 0.717) is 0 Å². The summed E-state index contributed by atoms with van der Waals surface area (Å²) >= 11 is 0. The first-order valence-electron chi connectivity index (χ1n) is 15.0. The van der Waals surface area contributed by atoms with Crippen LogP contribution in [0.1, 0.15) is 22.4 Å². The molecule has 0 fully saturated rings. The summed E-state index contributed by atoms with van der Waals surface area (Å²) in [5, 5.41) is 3.33. The molecule has 0 N–H and O–H groups in total. The van der Waals surface area contributed by atoms with E-state index >= 15 is 0 Å². The second-order valence-corrected chi connectivity index (χ2v) is 10.6. The van der Waals surface area contributed by atoms with Crippen molar-refractivity contribution in [2.75, 3.05) is 0 Å². The summed E-state index contributed by atoms with van der Waals surface area (Å²) in [6, 6.07) is 42.2. The highest BCUT2D eigenvalue weighted by atomic mass is 15.0. The number of aromatic nitrogens is 2. The third kappa shape index (κ3) is 6.08. The Hall–Kier alpha value is -5.99. The van der Waals surface area contributed by atoms with E-state index in [2.05, 4.69) is 151 Å². The highest BCUT2D eigenvalue weighted by molar-refractivity contribution is 6.02. The Morgan fingerprint density at radius 3 is 2.16 bits per heavy atom. The van der Waals surface area contributed by atoms with Crippen LogP contribution in [0.2, 0.25) is 0 Å². The van der Waals surface area contributed by atoms with Crippen molar-refractivity contribution in [3.05, 3.63) is 194 Å². The van der Waals surface area contributed by atoms with Gasteiger partial charge in [-0.25, -0.2) is 0 Å². The van der Waals surface area contributed by atoms with Gasteiger partial charge in [0.25, 0.3) is 0 Å². The van der Waals surface area contributed by atoms with Crippen LogP contribution in [-0.2, 0) is 0 Å². The van der Waals surface area contributed by atoms with Gasteiger partial charge in [0.2, 0.25) is 0 Å². The second-order valence-electron chi connectivity index (χ2n) is 10.6. The smallest absolute Gasteiger partial charge is 0.0571 e. The molecule has 0 radical (unpaired) electrons. The summed E-state index contributed by atoms with van der Waals surface area (Å²) in [6.07, 6.45) is 15.7. The minimum atomic E-state index is 0.907. The number of para-hydroxylation sites is 1. The van der Waals surface area contributed by atoms with Gasteiger partial charge in [0, 0.05) is 29.0 Å². The molecule has 216 valence electrons. The normalized spacial score (nSPS) is 11.2. The largest absolute Gasteiger partial charge is 0.309 e. The molecule has 0 saturated heterocycles. The number of nitrogens with zero attached hydrogens (tertiary/aromatic N) is 2. The standard InChI is InChI=1S/C43H34N2/c1-4-6-16-32(3)36-27-25-33(17-15-24-37(34-18-9-7-10-19-34)39-23-14-13-22-38(36)39)26-28-40-41-31-44-30-29-43(41)45(42(40)5-2)35-20-11-8-12-21-35/h4-31H,1-3H2/b16-6-,17-15?,24-15?,27-25?,28-26+,33-17?,33-25?,36-27?,37-24?,38-36?,39-37?. The number of hydrogen-bond donors (Lipinski definition) is 0. The van der Waals surface area contributed by atoms with E-state index in [1.54, 1.807) is 6.08 Å². The van der Waals surface area contributed by atoms with Gasteiger partial charge in [-0.3, -0.25) is 4.98 Å². The average molecular weight is 579 g/mol. The van der Waals surface area contributed by atoms with Crippen LogP contribution in [0, 0.1) is 0 Å². The predicted octanol–water partition coefficient (Wildman–Crippen LogP) is 11.5. The van der Waals surface area contributed by atoms with Crippen LogP contribution in [0.3, 0.4) is 0 Å². The van der Waals surface area contributed by atoms with Crippen molar-refractivity contribution in [3.8, 4) is 16.8 Å². The van der Waals surface area contributed by atoms with E-state index < -0.39 is 0 Å². The van der Waals surface area contributed by atoms with Gasteiger partial charge in [0.05, 0.1) is 11.2 Å². The monoisotopic (exact) mass is 578 g/mol. The molecule has 0 saturated carbocycles. The first-order chi connectivity index (χ1) is 22.2. The zero-order valence-corrected chi connectivity index (χ0v) is 25.2. The third-order valence-corrected chi connectivity index (χ3v) is 7.86. The van der Waals surface area contributed by atoms with E-state index in [9.17, 15) is 0 Å². The van der Waals surface area contributed by atoms with E-state index in [1.165, 1.54) is 0 Å². The first kappa shape index (κ1) is 29.1. The first-order valence-corrected chi connectivity index (χ1v) is 15.0. The van der Waals surface area contributed by atoms with Gasteiger partial charge < -0.3 is 4.57 Å².